The highest BCUT2D eigenvalue weighted by atomic mass is 32.2. The monoisotopic (exact) mass is 292 g/mol. The second-order valence-corrected chi connectivity index (χ2v) is 5.54. The third kappa shape index (κ3) is 2.76. The minimum Gasteiger partial charge on any atom is -0.493 e. The molecule has 1 unspecified atom stereocenters. The Morgan fingerprint density at radius 1 is 1.26 bits per heavy atom. The van der Waals surface area contributed by atoms with E-state index in [0.29, 0.717) is 0 Å². The Labute approximate surface area is 109 Å². The third-order valence-corrected chi connectivity index (χ3v) is 4.19. The molecule has 4 N–H and O–H groups in total. The first-order valence-electron chi connectivity index (χ1n) is 4.96. The van der Waals surface area contributed by atoms with Gasteiger partial charge < -0.3 is 20.9 Å². The van der Waals surface area contributed by atoms with Crippen LogP contribution in [0.3, 0.4) is 0 Å². The number of sulfone groups is 1. The molecule has 0 aromatic heterocycles. The first-order chi connectivity index (χ1) is 8.75. The quantitative estimate of drug-likeness (QED) is 0.746. The highest BCUT2D eigenvalue weighted by Gasteiger charge is 2.32. The van der Waals surface area contributed by atoms with Gasteiger partial charge in [-0.2, -0.15) is 0 Å². The van der Waals surface area contributed by atoms with Crippen LogP contribution in [0.2, 0.25) is 0 Å². The van der Waals surface area contributed by atoms with Crippen molar-refractivity contribution in [2.75, 3.05) is 14.2 Å². The number of primary amides is 1. The van der Waals surface area contributed by atoms with Crippen LogP contribution in [0.5, 0.6) is 11.5 Å². The van der Waals surface area contributed by atoms with Crippen LogP contribution in [0.15, 0.2) is 17.0 Å². The molecule has 0 aliphatic carbocycles. The number of ether oxygens (including phenoxy) is 2. The summed E-state index contributed by atoms with van der Waals surface area (Å²) in [5, 5.41) is -2.04. The molecule has 0 aliphatic rings. The van der Waals surface area contributed by atoms with E-state index in [0.717, 1.165) is 12.1 Å². The molecule has 1 rings (SSSR count). The predicted octanol–water partition coefficient (Wildman–Crippen LogP) is -0.613. The Bertz CT molecular complexity index is 602. The molecular formula is C10H13FN2O5S. The summed E-state index contributed by atoms with van der Waals surface area (Å²) in [7, 11) is -1.92. The van der Waals surface area contributed by atoms with E-state index in [1.54, 1.807) is 0 Å². The minimum absolute atomic E-state index is 0.00611. The molecule has 7 nitrogen and oxygen atoms in total. The van der Waals surface area contributed by atoms with Crippen molar-refractivity contribution in [3.8, 4) is 11.5 Å². The molecule has 106 valence electrons. The summed E-state index contributed by atoms with van der Waals surface area (Å²) in [5.74, 6) is -2.41. The fourth-order valence-electron chi connectivity index (χ4n) is 1.34. The lowest BCUT2D eigenvalue weighted by atomic mass is 10.3. The maximum Gasteiger partial charge on any atom is 0.250 e. The number of hydrogen-bond acceptors (Lipinski definition) is 6. The van der Waals surface area contributed by atoms with Crippen molar-refractivity contribution in [3.63, 3.8) is 0 Å². The van der Waals surface area contributed by atoms with Gasteiger partial charge in [-0.05, 0) is 0 Å². The molecular weight excluding hydrogens is 279 g/mol. The minimum atomic E-state index is -4.43. The van der Waals surface area contributed by atoms with Gasteiger partial charge in [0.1, 0.15) is 10.7 Å². The maximum atomic E-state index is 13.8. The SMILES string of the molecule is COc1cc(F)c(S(=O)(=O)C(N)C(N)=O)cc1OC. The lowest BCUT2D eigenvalue weighted by Crippen LogP contribution is -2.43. The molecule has 0 saturated carbocycles. The van der Waals surface area contributed by atoms with Crippen LogP contribution in [0, 0.1) is 5.82 Å². The highest BCUT2D eigenvalue weighted by Crippen LogP contribution is 2.32. The van der Waals surface area contributed by atoms with Crippen LogP contribution < -0.4 is 20.9 Å². The van der Waals surface area contributed by atoms with Gasteiger partial charge in [-0.25, -0.2) is 12.8 Å². The molecule has 0 saturated heterocycles. The predicted molar refractivity (Wildman–Crippen MR) is 63.9 cm³/mol. The van der Waals surface area contributed by atoms with E-state index in [1.807, 2.05) is 0 Å². The molecule has 1 aromatic rings. The van der Waals surface area contributed by atoms with Crippen LogP contribution in [0.4, 0.5) is 4.39 Å². The van der Waals surface area contributed by atoms with E-state index in [-0.39, 0.29) is 11.5 Å². The third-order valence-electron chi connectivity index (χ3n) is 2.36. The second-order valence-electron chi connectivity index (χ2n) is 3.51. The topological polar surface area (TPSA) is 122 Å². The Balaban J connectivity index is 3.47. The van der Waals surface area contributed by atoms with Crippen molar-refractivity contribution in [1.82, 2.24) is 0 Å². The Morgan fingerprint density at radius 3 is 2.16 bits per heavy atom. The molecule has 19 heavy (non-hydrogen) atoms. The van der Waals surface area contributed by atoms with Crippen molar-refractivity contribution in [2.45, 2.75) is 10.3 Å². The average molecular weight is 292 g/mol. The number of carbonyl (C=O) groups is 1. The summed E-state index contributed by atoms with van der Waals surface area (Å²) in [6, 6.07) is 1.70. The number of methoxy groups -OCH3 is 2. The van der Waals surface area contributed by atoms with Crippen LogP contribution in [0.1, 0.15) is 0 Å². The number of carbonyl (C=O) groups excluding carboxylic acids is 1. The lowest BCUT2D eigenvalue weighted by Gasteiger charge is -2.13. The van der Waals surface area contributed by atoms with Crippen molar-refractivity contribution < 1.29 is 27.1 Å². The summed E-state index contributed by atoms with van der Waals surface area (Å²) in [5.41, 5.74) is 9.97. The fraction of sp³-hybridized carbons (Fsp3) is 0.300. The van der Waals surface area contributed by atoms with E-state index < -0.39 is 31.8 Å². The zero-order chi connectivity index (χ0) is 14.8. The molecule has 0 spiro atoms. The van der Waals surface area contributed by atoms with E-state index in [2.05, 4.69) is 0 Å². The number of halogens is 1. The van der Waals surface area contributed by atoms with Gasteiger partial charge in [0.2, 0.25) is 15.7 Å². The number of amides is 1. The van der Waals surface area contributed by atoms with Crippen molar-refractivity contribution >= 4 is 15.7 Å². The zero-order valence-corrected chi connectivity index (χ0v) is 11.0. The zero-order valence-electron chi connectivity index (χ0n) is 10.2. The van der Waals surface area contributed by atoms with Crippen molar-refractivity contribution in [1.29, 1.82) is 0 Å². The molecule has 1 amide bonds. The normalized spacial score (nSPS) is 12.8. The largest absolute Gasteiger partial charge is 0.493 e. The van der Waals surface area contributed by atoms with E-state index in [9.17, 15) is 17.6 Å². The van der Waals surface area contributed by atoms with Gasteiger partial charge in [0.05, 0.1) is 14.2 Å². The number of benzene rings is 1. The maximum absolute atomic E-state index is 13.8. The molecule has 9 heteroatoms. The number of hydrogen-bond donors (Lipinski definition) is 2. The van der Waals surface area contributed by atoms with E-state index in [4.69, 9.17) is 20.9 Å². The highest BCUT2D eigenvalue weighted by molar-refractivity contribution is 7.92. The van der Waals surface area contributed by atoms with Gasteiger partial charge in [-0.1, -0.05) is 0 Å². The van der Waals surface area contributed by atoms with E-state index >= 15 is 0 Å². The summed E-state index contributed by atoms with van der Waals surface area (Å²) in [4.78, 5) is 10.1. The molecule has 1 aromatic carbocycles. The molecule has 1 atom stereocenters. The van der Waals surface area contributed by atoms with Gasteiger partial charge in [-0.15, -0.1) is 0 Å². The molecule has 0 aliphatic heterocycles. The van der Waals surface area contributed by atoms with E-state index in [1.165, 1.54) is 14.2 Å². The Kier molecular flexibility index (Phi) is 4.32. The lowest BCUT2D eigenvalue weighted by molar-refractivity contribution is -0.117. The first kappa shape index (κ1) is 15.2. The fourth-order valence-corrected chi connectivity index (χ4v) is 2.52. The number of rotatable bonds is 5. The number of nitrogens with two attached hydrogens (primary N) is 2. The smallest absolute Gasteiger partial charge is 0.250 e. The standard InChI is InChI=1S/C10H13FN2O5S/c1-17-6-3-5(11)8(4-7(6)18-2)19(15,16)10(13)9(12)14/h3-4,10H,13H2,1-2H3,(H2,12,14). The Morgan fingerprint density at radius 2 is 1.74 bits per heavy atom. The van der Waals surface area contributed by atoms with Gasteiger partial charge in [0.15, 0.2) is 16.9 Å². The van der Waals surface area contributed by atoms with Crippen molar-refractivity contribution in [2.24, 2.45) is 11.5 Å². The van der Waals surface area contributed by atoms with Crippen LogP contribution >= 0.6 is 0 Å². The molecule has 0 bridgehead atoms. The van der Waals surface area contributed by atoms with Gasteiger partial charge in [0, 0.05) is 12.1 Å². The van der Waals surface area contributed by atoms with Crippen LogP contribution in [-0.2, 0) is 14.6 Å². The van der Waals surface area contributed by atoms with Gasteiger partial charge in [-0.3, -0.25) is 4.79 Å². The Hall–Kier alpha value is -1.87. The average Bonchev–Trinajstić information content (AvgIpc) is 2.36. The molecule has 0 fully saturated rings. The molecule has 0 heterocycles. The van der Waals surface area contributed by atoms with Crippen LogP contribution in [-0.4, -0.2) is 33.9 Å². The van der Waals surface area contributed by atoms with Gasteiger partial charge in [0.25, 0.3) is 0 Å². The second kappa shape index (κ2) is 5.41. The first-order valence-corrected chi connectivity index (χ1v) is 6.50. The summed E-state index contributed by atoms with van der Waals surface area (Å²) in [6.07, 6.45) is 0. The van der Waals surface area contributed by atoms with Crippen LogP contribution in [0.25, 0.3) is 0 Å². The summed E-state index contributed by atoms with van der Waals surface area (Å²) in [6.45, 7) is 0. The molecule has 0 radical (unpaired) electrons. The van der Waals surface area contributed by atoms with Crippen molar-refractivity contribution in [3.05, 3.63) is 17.9 Å². The summed E-state index contributed by atoms with van der Waals surface area (Å²) >= 11 is 0. The summed E-state index contributed by atoms with van der Waals surface area (Å²) < 4.78 is 47.2. The van der Waals surface area contributed by atoms with Gasteiger partial charge >= 0.3 is 0 Å².